The molecule has 0 amide bonds. The van der Waals surface area contributed by atoms with Crippen molar-refractivity contribution in [2.45, 2.75) is 46.5 Å². The minimum Gasteiger partial charge on any atom is -0.368 e. The zero-order chi connectivity index (χ0) is 16.1. The van der Waals surface area contributed by atoms with Crippen LogP contribution in [0.25, 0.3) is 11.4 Å². The quantitative estimate of drug-likeness (QED) is 0.883. The minimum atomic E-state index is -0.0557. The highest BCUT2D eigenvalue weighted by atomic mass is 16.2. The van der Waals surface area contributed by atoms with Crippen LogP contribution < -0.4 is 5.73 Å². The van der Waals surface area contributed by atoms with Gasteiger partial charge in [-0.2, -0.15) is 9.67 Å². The Morgan fingerprint density at radius 1 is 1.36 bits per heavy atom. The number of rotatable bonds is 6. The summed E-state index contributed by atoms with van der Waals surface area (Å²) in [6.45, 7) is 6.15. The van der Waals surface area contributed by atoms with E-state index in [0.717, 1.165) is 36.8 Å². The smallest absolute Gasteiger partial charge is 0.253 e. The summed E-state index contributed by atoms with van der Waals surface area (Å²) in [4.78, 5) is 16.8. The summed E-state index contributed by atoms with van der Waals surface area (Å²) in [6, 6.07) is 7.86. The number of hydrogen-bond donors (Lipinski definition) is 1. The first-order valence-electron chi connectivity index (χ1n) is 7.90. The van der Waals surface area contributed by atoms with Gasteiger partial charge in [-0.25, -0.2) is 0 Å². The molecule has 0 fully saturated rings. The van der Waals surface area contributed by atoms with Gasteiger partial charge in [0.25, 0.3) is 5.91 Å². The molecule has 22 heavy (non-hydrogen) atoms. The number of benzene rings is 1. The molecule has 5 nitrogen and oxygen atoms in total. The predicted octanol–water partition coefficient (Wildman–Crippen LogP) is 3.69. The van der Waals surface area contributed by atoms with Crippen LogP contribution in [0.15, 0.2) is 24.3 Å². The number of carbonyl (C=O) groups excluding carboxylic acids is 1. The van der Waals surface area contributed by atoms with E-state index in [1.54, 1.807) is 0 Å². The third-order valence-electron chi connectivity index (χ3n) is 3.87. The Morgan fingerprint density at radius 3 is 2.77 bits per heavy atom. The van der Waals surface area contributed by atoms with Crippen LogP contribution in [0.4, 0.5) is 5.95 Å². The van der Waals surface area contributed by atoms with E-state index in [1.165, 1.54) is 4.68 Å². The maximum atomic E-state index is 12.6. The topological polar surface area (TPSA) is 73.8 Å². The Balaban J connectivity index is 2.27. The number of aryl methyl sites for hydroxylation is 1. The van der Waals surface area contributed by atoms with Crippen LogP contribution in [-0.4, -0.2) is 20.7 Å². The molecule has 1 atom stereocenters. The lowest BCUT2D eigenvalue weighted by Gasteiger charge is -2.12. The molecule has 0 saturated carbocycles. The summed E-state index contributed by atoms with van der Waals surface area (Å²) in [6.07, 6.45) is 3.76. The average Bonchev–Trinajstić information content (AvgIpc) is 2.90. The van der Waals surface area contributed by atoms with Crippen molar-refractivity contribution in [1.82, 2.24) is 14.8 Å². The van der Waals surface area contributed by atoms with Crippen molar-refractivity contribution in [3.05, 3.63) is 29.8 Å². The lowest BCUT2D eigenvalue weighted by Crippen LogP contribution is -2.24. The second-order valence-corrected chi connectivity index (χ2v) is 5.66. The van der Waals surface area contributed by atoms with Gasteiger partial charge in [0.05, 0.1) is 0 Å². The minimum absolute atomic E-state index is 0.0469. The molecule has 0 aliphatic carbocycles. The third-order valence-corrected chi connectivity index (χ3v) is 3.87. The molecule has 0 unspecified atom stereocenters. The lowest BCUT2D eigenvalue weighted by atomic mass is 9.99. The van der Waals surface area contributed by atoms with Gasteiger partial charge >= 0.3 is 0 Å². The van der Waals surface area contributed by atoms with Gasteiger partial charge in [-0.05, 0) is 25.8 Å². The molecule has 0 bridgehead atoms. The Labute approximate surface area is 131 Å². The monoisotopic (exact) mass is 300 g/mol. The number of aromatic nitrogens is 3. The SMILES string of the molecule is CCCC[C@@H](CC)C(=O)n1nc(-c2cccc(C)c2)nc1N. The predicted molar refractivity (Wildman–Crippen MR) is 88.5 cm³/mol. The van der Waals surface area contributed by atoms with Crippen molar-refractivity contribution in [1.29, 1.82) is 0 Å². The molecule has 0 aliphatic heterocycles. The number of nitrogens with two attached hydrogens (primary N) is 1. The zero-order valence-corrected chi connectivity index (χ0v) is 13.5. The molecule has 0 radical (unpaired) electrons. The van der Waals surface area contributed by atoms with E-state index in [4.69, 9.17) is 5.73 Å². The first-order chi connectivity index (χ1) is 10.6. The number of hydrogen-bond acceptors (Lipinski definition) is 4. The fourth-order valence-electron chi connectivity index (χ4n) is 2.52. The number of unbranched alkanes of at least 4 members (excludes halogenated alkanes) is 1. The lowest BCUT2D eigenvalue weighted by molar-refractivity contribution is 0.0807. The summed E-state index contributed by atoms with van der Waals surface area (Å²) < 4.78 is 1.27. The van der Waals surface area contributed by atoms with Crippen molar-refractivity contribution in [3.63, 3.8) is 0 Å². The van der Waals surface area contributed by atoms with Gasteiger partial charge in [0, 0.05) is 11.5 Å². The molecule has 0 spiro atoms. The number of anilines is 1. The average molecular weight is 300 g/mol. The standard InChI is InChI=1S/C17H24N4O/c1-4-6-9-13(5-2)16(22)21-17(18)19-15(20-21)14-10-7-8-12(3)11-14/h7-8,10-11,13H,4-6,9H2,1-3H3,(H2,18,19,20)/t13-/m1/s1. The van der Waals surface area contributed by atoms with E-state index in [1.807, 2.05) is 38.1 Å². The summed E-state index contributed by atoms with van der Waals surface area (Å²) in [5, 5.41) is 4.33. The zero-order valence-electron chi connectivity index (χ0n) is 13.5. The molecular formula is C17H24N4O. The van der Waals surface area contributed by atoms with E-state index in [2.05, 4.69) is 17.0 Å². The van der Waals surface area contributed by atoms with Gasteiger partial charge in [0.1, 0.15) is 0 Å². The highest BCUT2D eigenvalue weighted by Gasteiger charge is 2.22. The van der Waals surface area contributed by atoms with Gasteiger partial charge < -0.3 is 5.73 Å². The summed E-state index contributed by atoms with van der Waals surface area (Å²) in [5.74, 6) is 0.561. The van der Waals surface area contributed by atoms with Crippen LogP contribution in [-0.2, 0) is 0 Å². The highest BCUT2D eigenvalue weighted by Crippen LogP contribution is 2.21. The largest absolute Gasteiger partial charge is 0.368 e. The van der Waals surface area contributed by atoms with Crippen LogP contribution in [0, 0.1) is 12.8 Å². The van der Waals surface area contributed by atoms with E-state index < -0.39 is 0 Å². The fourth-order valence-corrected chi connectivity index (χ4v) is 2.52. The van der Waals surface area contributed by atoms with Gasteiger partial charge in [-0.1, -0.05) is 50.5 Å². The van der Waals surface area contributed by atoms with Crippen molar-refractivity contribution in [2.75, 3.05) is 5.73 Å². The van der Waals surface area contributed by atoms with Gasteiger partial charge in [-0.3, -0.25) is 4.79 Å². The number of nitrogen functional groups attached to an aromatic ring is 1. The van der Waals surface area contributed by atoms with E-state index in [9.17, 15) is 4.79 Å². The Bertz CT molecular complexity index is 648. The van der Waals surface area contributed by atoms with Crippen LogP contribution in [0.2, 0.25) is 0 Å². The summed E-state index contributed by atoms with van der Waals surface area (Å²) >= 11 is 0. The van der Waals surface area contributed by atoms with Crippen LogP contribution >= 0.6 is 0 Å². The molecule has 2 aromatic rings. The molecule has 0 saturated heterocycles. The Hall–Kier alpha value is -2.17. The molecule has 1 aromatic heterocycles. The normalized spacial score (nSPS) is 12.3. The molecule has 2 N–H and O–H groups in total. The Kier molecular flexibility index (Phi) is 5.31. The van der Waals surface area contributed by atoms with E-state index in [0.29, 0.717) is 5.82 Å². The molecule has 118 valence electrons. The first-order valence-corrected chi connectivity index (χ1v) is 7.90. The second-order valence-electron chi connectivity index (χ2n) is 5.66. The van der Waals surface area contributed by atoms with Gasteiger partial charge in [-0.15, -0.1) is 5.10 Å². The van der Waals surface area contributed by atoms with Crippen LogP contribution in [0.1, 0.15) is 49.9 Å². The van der Waals surface area contributed by atoms with E-state index >= 15 is 0 Å². The maximum absolute atomic E-state index is 12.6. The second kappa shape index (κ2) is 7.20. The van der Waals surface area contributed by atoms with Crippen molar-refractivity contribution in [3.8, 4) is 11.4 Å². The number of nitrogens with zero attached hydrogens (tertiary/aromatic N) is 3. The van der Waals surface area contributed by atoms with Crippen LogP contribution in [0.3, 0.4) is 0 Å². The molecule has 2 rings (SSSR count). The van der Waals surface area contributed by atoms with E-state index in [-0.39, 0.29) is 17.8 Å². The number of carbonyl (C=O) groups is 1. The fraction of sp³-hybridized carbons (Fsp3) is 0.471. The van der Waals surface area contributed by atoms with Crippen molar-refractivity contribution >= 4 is 11.9 Å². The van der Waals surface area contributed by atoms with Crippen LogP contribution in [0.5, 0.6) is 0 Å². The third kappa shape index (κ3) is 3.53. The summed E-state index contributed by atoms with van der Waals surface area (Å²) in [7, 11) is 0. The van der Waals surface area contributed by atoms with Crippen molar-refractivity contribution in [2.24, 2.45) is 5.92 Å². The molecular weight excluding hydrogens is 276 g/mol. The maximum Gasteiger partial charge on any atom is 0.253 e. The first kappa shape index (κ1) is 16.2. The van der Waals surface area contributed by atoms with Gasteiger partial charge in [0.2, 0.25) is 5.95 Å². The molecule has 5 heteroatoms. The van der Waals surface area contributed by atoms with Gasteiger partial charge in [0.15, 0.2) is 5.82 Å². The molecule has 1 heterocycles. The van der Waals surface area contributed by atoms with Crippen molar-refractivity contribution < 1.29 is 4.79 Å². The highest BCUT2D eigenvalue weighted by molar-refractivity contribution is 5.83. The Morgan fingerprint density at radius 2 is 2.14 bits per heavy atom. The molecule has 1 aromatic carbocycles. The summed E-state index contributed by atoms with van der Waals surface area (Å²) in [5.41, 5.74) is 7.90. The molecule has 0 aliphatic rings.